The van der Waals surface area contributed by atoms with Gasteiger partial charge < -0.3 is 20.6 Å². The molecular weight excluding hydrogens is 462 g/mol. The monoisotopic (exact) mass is 521 g/mol. The Morgan fingerprint density at radius 3 is 1.68 bits per heavy atom. The molecule has 3 atom stereocenters. The van der Waals surface area contributed by atoms with Gasteiger partial charge >= 0.3 is 0 Å². The molecule has 37 heavy (non-hydrogen) atoms. The summed E-state index contributed by atoms with van der Waals surface area (Å²) in [5.74, 6) is -0.335. The SMILES string of the molecule is CCC/C=C/CC/C=C/CC/C=C/C(O)C(CO)NC(=O)CC(O)CCCCCCCCCCCCC. The molecule has 216 valence electrons. The highest BCUT2D eigenvalue weighted by molar-refractivity contribution is 5.76. The number of carbonyl (C=O) groups excluding carboxylic acids is 1. The molecule has 3 unspecified atom stereocenters. The zero-order valence-corrected chi connectivity index (χ0v) is 24.1. The Hall–Kier alpha value is -1.43. The summed E-state index contributed by atoms with van der Waals surface area (Å²) in [7, 11) is 0. The number of aliphatic hydroxyl groups excluding tert-OH is 3. The maximum absolute atomic E-state index is 12.3. The lowest BCUT2D eigenvalue weighted by molar-refractivity contribution is -0.124. The fraction of sp³-hybridized carbons (Fsp3) is 0.781. The van der Waals surface area contributed by atoms with Crippen LogP contribution in [0.2, 0.25) is 0 Å². The van der Waals surface area contributed by atoms with Crippen LogP contribution in [0.15, 0.2) is 36.5 Å². The minimum absolute atomic E-state index is 0.00310. The molecule has 0 radical (unpaired) electrons. The third kappa shape index (κ3) is 24.7. The molecule has 0 aromatic heterocycles. The second-order valence-electron chi connectivity index (χ2n) is 10.3. The van der Waals surface area contributed by atoms with Crippen LogP contribution in [0.4, 0.5) is 0 Å². The average Bonchev–Trinajstić information content (AvgIpc) is 2.88. The van der Waals surface area contributed by atoms with Crippen LogP contribution in [0.5, 0.6) is 0 Å². The molecule has 0 heterocycles. The highest BCUT2D eigenvalue weighted by Gasteiger charge is 2.19. The molecule has 1 amide bonds. The van der Waals surface area contributed by atoms with Gasteiger partial charge in [-0.1, -0.05) is 127 Å². The van der Waals surface area contributed by atoms with Gasteiger partial charge in [-0.15, -0.1) is 0 Å². The molecule has 0 rings (SSSR count). The van der Waals surface area contributed by atoms with Crippen LogP contribution in [-0.4, -0.2) is 46.1 Å². The summed E-state index contributed by atoms with van der Waals surface area (Å²) in [5.41, 5.74) is 0. The maximum Gasteiger partial charge on any atom is 0.222 e. The third-order valence-electron chi connectivity index (χ3n) is 6.64. The van der Waals surface area contributed by atoms with Crippen LogP contribution >= 0.6 is 0 Å². The zero-order chi connectivity index (χ0) is 27.4. The van der Waals surface area contributed by atoms with E-state index in [0.29, 0.717) is 6.42 Å². The normalized spacial score (nSPS) is 14.6. The fourth-order valence-corrected chi connectivity index (χ4v) is 4.26. The first-order chi connectivity index (χ1) is 18.0. The van der Waals surface area contributed by atoms with Gasteiger partial charge in [0, 0.05) is 0 Å². The lowest BCUT2D eigenvalue weighted by atomic mass is 10.0. The van der Waals surface area contributed by atoms with E-state index < -0.39 is 18.2 Å². The summed E-state index contributed by atoms with van der Waals surface area (Å²) < 4.78 is 0. The van der Waals surface area contributed by atoms with E-state index in [0.717, 1.165) is 44.9 Å². The van der Waals surface area contributed by atoms with Gasteiger partial charge in [0.15, 0.2) is 0 Å². The van der Waals surface area contributed by atoms with Crippen molar-refractivity contribution in [1.29, 1.82) is 0 Å². The van der Waals surface area contributed by atoms with Crippen molar-refractivity contribution in [2.24, 2.45) is 0 Å². The molecule has 0 spiro atoms. The Morgan fingerprint density at radius 1 is 0.676 bits per heavy atom. The third-order valence-corrected chi connectivity index (χ3v) is 6.64. The molecule has 0 aromatic carbocycles. The lowest BCUT2D eigenvalue weighted by Crippen LogP contribution is -2.45. The van der Waals surface area contributed by atoms with Gasteiger partial charge in [-0.3, -0.25) is 4.79 Å². The van der Waals surface area contributed by atoms with Crippen LogP contribution < -0.4 is 5.32 Å². The van der Waals surface area contributed by atoms with Crippen molar-refractivity contribution in [1.82, 2.24) is 5.32 Å². The van der Waals surface area contributed by atoms with E-state index in [9.17, 15) is 20.1 Å². The number of carbonyl (C=O) groups is 1. The Kier molecular flexibility index (Phi) is 26.5. The topological polar surface area (TPSA) is 89.8 Å². The van der Waals surface area contributed by atoms with Gasteiger partial charge in [0.25, 0.3) is 0 Å². The summed E-state index contributed by atoms with van der Waals surface area (Å²) >= 11 is 0. The van der Waals surface area contributed by atoms with E-state index in [1.54, 1.807) is 6.08 Å². The van der Waals surface area contributed by atoms with E-state index in [1.165, 1.54) is 64.2 Å². The van der Waals surface area contributed by atoms with E-state index in [1.807, 2.05) is 6.08 Å². The summed E-state index contributed by atoms with van der Waals surface area (Å²) in [6.45, 7) is 4.07. The number of nitrogens with one attached hydrogen (secondary N) is 1. The summed E-state index contributed by atoms with van der Waals surface area (Å²) in [5, 5.41) is 32.7. The number of aliphatic hydroxyl groups is 3. The smallest absolute Gasteiger partial charge is 0.222 e. The predicted octanol–water partition coefficient (Wildman–Crippen LogP) is 7.31. The Bertz CT molecular complexity index is 587. The van der Waals surface area contributed by atoms with E-state index in [4.69, 9.17) is 0 Å². The first-order valence-corrected chi connectivity index (χ1v) is 15.3. The van der Waals surface area contributed by atoms with Crippen molar-refractivity contribution in [2.45, 2.75) is 154 Å². The number of hydrogen-bond acceptors (Lipinski definition) is 4. The molecule has 0 saturated heterocycles. The van der Waals surface area contributed by atoms with Crippen molar-refractivity contribution in [3.8, 4) is 0 Å². The lowest BCUT2D eigenvalue weighted by Gasteiger charge is -2.21. The van der Waals surface area contributed by atoms with Gasteiger partial charge in [-0.05, 0) is 38.5 Å². The van der Waals surface area contributed by atoms with Crippen LogP contribution in [0.3, 0.4) is 0 Å². The number of hydrogen-bond donors (Lipinski definition) is 4. The van der Waals surface area contributed by atoms with Gasteiger partial charge in [0.05, 0.1) is 31.3 Å². The van der Waals surface area contributed by atoms with E-state index in [2.05, 4.69) is 43.5 Å². The molecule has 0 fully saturated rings. The van der Waals surface area contributed by atoms with Crippen molar-refractivity contribution >= 4 is 5.91 Å². The van der Waals surface area contributed by atoms with Crippen LogP contribution in [0.1, 0.15) is 136 Å². The van der Waals surface area contributed by atoms with Crippen molar-refractivity contribution < 1.29 is 20.1 Å². The van der Waals surface area contributed by atoms with Gasteiger partial charge in [-0.25, -0.2) is 0 Å². The van der Waals surface area contributed by atoms with Gasteiger partial charge in [0.1, 0.15) is 0 Å². The first kappa shape index (κ1) is 35.6. The van der Waals surface area contributed by atoms with E-state index in [-0.39, 0.29) is 18.9 Å². The van der Waals surface area contributed by atoms with E-state index >= 15 is 0 Å². The Labute approximate surface area is 228 Å². The molecule has 0 aliphatic rings. The molecule has 5 heteroatoms. The summed E-state index contributed by atoms with van der Waals surface area (Å²) in [6.07, 6.45) is 31.2. The highest BCUT2D eigenvalue weighted by Crippen LogP contribution is 2.13. The Morgan fingerprint density at radius 2 is 1.16 bits per heavy atom. The fourth-order valence-electron chi connectivity index (χ4n) is 4.26. The quantitative estimate of drug-likeness (QED) is 0.0710. The Balaban J connectivity index is 3.89. The minimum Gasteiger partial charge on any atom is -0.394 e. The molecule has 4 N–H and O–H groups in total. The number of allylic oxidation sites excluding steroid dienone is 5. The maximum atomic E-state index is 12.3. The zero-order valence-electron chi connectivity index (χ0n) is 24.1. The molecule has 0 bridgehead atoms. The summed E-state index contributed by atoms with van der Waals surface area (Å²) in [6, 6.07) is -0.761. The largest absolute Gasteiger partial charge is 0.394 e. The van der Waals surface area contributed by atoms with Crippen molar-refractivity contribution in [3.63, 3.8) is 0 Å². The number of rotatable bonds is 26. The second-order valence-corrected chi connectivity index (χ2v) is 10.3. The number of amides is 1. The molecule has 0 saturated carbocycles. The first-order valence-electron chi connectivity index (χ1n) is 15.3. The molecule has 5 nitrogen and oxygen atoms in total. The highest BCUT2D eigenvalue weighted by atomic mass is 16.3. The second kappa shape index (κ2) is 27.6. The van der Waals surface area contributed by atoms with Crippen molar-refractivity contribution in [2.75, 3.05) is 6.61 Å². The molecule has 0 aliphatic heterocycles. The molecular formula is C32H59NO4. The van der Waals surface area contributed by atoms with Crippen LogP contribution in [0.25, 0.3) is 0 Å². The predicted molar refractivity (Wildman–Crippen MR) is 158 cm³/mol. The van der Waals surface area contributed by atoms with Crippen LogP contribution in [0, 0.1) is 0 Å². The van der Waals surface area contributed by atoms with Gasteiger partial charge in [-0.2, -0.15) is 0 Å². The standard InChI is InChI=1S/C32H59NO4/c1-3-5-7-9-11-13-15-17-19-21-23-25-29(35)27-32(37)33-30(28-34)31(36)26-24-22-20-18-16-14-12-10-8-6-4-2/h8,10,16,18,24,26,29-31,34-36H,3-7,9,11-15,17,19-23,25,27-28H2,1-2H3,(H,33,37)/b10-8+,18-16+,26-24+. The van der Waals surface area contributed by atoms with Crippen molar-refractivity contribution in [3.05, 3.63) is 36.5 Å². The number of unbranched alkanes of at least 4 members (excludes halogenated alkanes) is 13. The van der Waals surface area contributed by atoms with Crippen LogP contribution in [-0.2, 0) is 4.79 Å². The van der Waals surface area contributed by atoms with Gasteiger partial charge in [0.2, 0.25) is 5.91 Å². The molecule has 0 aromatic rings. The summed E-state index contributed by atoms with van der Waals surface area (Å²) in [4.78, 5) is 12.3. The molecule has 0 aliphatic carbocycles. The minimum atomic E-state index is -0.953. The average molecular weight is 522 g/mol.